The van der Waals surface area contributed by atoms with Crippen LogP contribution in [0.5, 0.6) is 5.75 Å². The summed E-state index contributed by atoms with van der Waals surface area (Å²) in [6.07, 6.45) is 0.763. The third-order valence-corrected chi connectivity index (χ3v) is 3.59. The number of ether oxygens (including phenoxy) is 2. The van der Waals surface area contributed by atoms with E-state index in [1.54, 1.807) is 12.1 Å². The van der Waals surface area contributed by atoms with Gasteiger partial charge in [-0.2, -0.15) is 0 Å². The Morgan fingerprint density at radius 3 is 2.95 bits per heavy atom. The lowest BCUT2D eigenvalue weighted by Gasteiger charge is -2.06. The molecule has 0 unspecified atom stereocenters. The van der Waals surface area contributed by atoms with Crippen LogP contribution in [0, 0.1) is 5.82 Å². The van der Waals surface area contributed by atoms with E-state index in [1.165, 1.54) is 31.6 Å². The van der Waals surface area contributed by atoms with Gasteiger partial charge in [0.1, 0.15) is 11.6 Å². The Morgan fingerprint density at radius 2 is 2.24 bits per heavy atom. The summed E-state index contributed by atoms with van der Waals surface area (Å²) in [4.78, 5) is 15.4. The summed E-state index contributed by atoms with van der Waals surface area (Å²) in [5.41, 5.74) is 1.06. The molecule has 0 saturated heterocycles. The molecule has 1 N–H and O–H groups in total. The fraction of sp³-hybridized carbons (Fsp3) is 0.286. The highest BCUT2D eigenvalue weighted by molar-refractivity contribution is 7.13. The number of aryl methyl sites for hydroxylation is 1. The van der Waals surface area contributed by atoms with Gasteiger partial charge in [0.25, 0.3) is 0 Å². The van der Waals surface area contributed by atoms with Crippen molar-refractivity contribution in [1.82, 2.24) is 4.98 Å². The molecule has 1 aromatic carbocycles. The maximum atomic E-state index is 13.7. The summed E-state index contributed by atoms with van der Waals surface area (Å²) in [7, 11) is 2.87. The summed E-state index contributed by atoms with van der Waals surface area (Å²) < 4.78 is 23.3. The summed E-state index contributed by atoms with van der Waals surface area (Å²) in [6.45, 7) is 0. The van der Waals surface area contributed by atoms with Crippen LogP contribution in [-0.4, -0.2) is 25.2 Å². The van der Waals surface area contributed by atoms with Crippen LogP contribution in [0.4, 0.5) is 15.2 Å². The third-order valence-electron chi connectivity index (χ3n) is 2.78. The van der Waals surface area contributed by atoms with E-state index in [0.717, 1.165) is 5.69 Å². The first-order valence-electron chi connectivity index (χ1n) is 6.24. The van der Waals surface area contributed by atoms with Gasteiger partial charge in [0.2, 0.25) is 0 Å². The van der Waals surface area contributed by atoms with Gasteiger partial charge >= 0.3 is 5.97 Å². The Morgan fingerprint density at radius 1 is 1.43 bits per heavy atom. The van der Waals surface area contributed by atoms with Crippen LogP contribution in [0.15, 0.2) is 23.6 Å². The van der Waals surface area contributed by atoms with Gasteiger partial charge in [-0.05, 0) is 12.1 Å². The molecule has 2 rings (SSSR count). The second kappa shape index (κ2) is 7.03. The fourth-order valence-corrected chi connectivity index (χ4v) is 2.41. The molecule has 0 spiro atoms. The Bertz CT molecular complexity index is 630. The Balaban J connectivity index is 2.03. The first kappa shape index (κ1) is 15.2. The minimum Gasteiger partial charge on any atom is -0.497 e. The average molecular weight is 310 g/mol. The minimum absolute atomic E-state index is 0.271. The number of rotatable bonds is 6. The van der Waals surface area contributed by atoms with Crippen LogP contribution >= 0.6 is 11.3 Å². The van der Waals surface area contributed by atoms with Gasteiger partial charge in [-0.25, -0.2) is 9.37 Å². The summed E-state index contributed by atoms with van der Waals surface area (Å²) in [5, 5.41) is 5.29. The maximum Gasteiger partial charge on any atom is 0.305 e. The van der Waals surface area contributed by atoms with Gasteiger partial charge < -0.3 is 14.8 Å². The molecule has 1 aromatic heterocycles. The van der Waals surface area contributed by atoms with Gasteiger partial charge in [0.15, 0.2) is 5.13 Å². The Hall–Kier alpha value is -2.15. The summed E-state index contributed by atoms with van der Waals surface area (Å²) >= 11 is 1.34. The van der Waals surface area contributed by atoms with E-state index in [9.17, 15) is 9.18 Å². The number of nitrogens with zero attached hydrogens (tertiary/aromatic N) is 1. The molecule has 7 heteroatoms. The molecule has 21 heavy (non-hydrogen) atoms. The molecular weight excluding hydrogens is 295 g/mol. The van der Waals surface area contributed by atoms with Crippen LogP contribution < -0.4 is 10.1 Å². The number of anilines is 2. The largest absolute Gasteiger partial charge is 0.497 e. The molecule has 0 atom stereocenters. The van der Waals surface area contributed by atoms with E-state index in [0.29, 0.717) is 23.0 Å². The number of thiazole rings is 1. The van der Waals surface area contributed by atoms with Gasteiger partial charge in [0, 0.05) is 17.9 Å². The highest BCUT2D eigenvalue weighted by Gasteiger charge is 2.09. The predicted molar refractivity (Wildman–Crippen MR) is 78.7 cm³/mol. The maximum absolute atomic E-state index is 13.7. The molecule has 112 valence electrons. The van der Waals surface area contributed by atoms with Crippen molar-refractivity contribution in [3.05, 3.63) is 35.1 Å². The molecule has 0 aliphatic carbocycles. The predicted octanol–water partition coefficient (Wildman–Crippen LogP) is 3.14. The molecule has 0 fully saturated rings. The zero-order valence-electron chi connectivity index (χ0n) is 11.7. The number of hydrogen-bond donors (Lipinski definition) is 1. The van der Waals surface area contributed by atoms with Crippen molar-refractivity contribution in [1.29, 1.82) is 0 Å². The molecule has 5 nitrogen and oxygen atoms in total. The number of carbonyl (C=O) groups excluding carboxylic acids is 1. The number of carbonyl (C=O) groups is 1. The first-order chi connectivity index (χ1) is 10.1. The summed E-state index contributed by atoms with van der Waals surface area (Å²) in [5.74, 6) is -0.111. The van der Waals surface area contributed by atoms with Crippen molar-refractivity contribution in [3.8, 4) is 5.75 Å². The number of esters is 1. The fourth-order valence-electron chi connectivity index (χ4n) is 1.65. The quantitative estimate of drug-likeness (QED) is 0.831. The third kappa shape index (κ3) is 4.16. The average Bonchev–Trinajstić information content (AvgIpc) is 2.94. The Kier molecular flexibility index (Phi) is 5.10. The van der Waals surface area contributed by atoms with E-state index in [-0.39, 0.29) is 18.2 Å². The van der Waals surface area contributed by atoms with Crippen LogP contribution in [0.2, 0.25) is 0 Å². The van der Waals surface area contributed by atoms with Gasteiger partial charge in [-0.3, -0.25) is 4.79 Å². The normalized spacial score (nSPS) is 10.2. The SMILES string of the molecule is COC(=O)CCc1csc(Nc2cc(OC)ccc2F)n1. The van der Waals surface area contributed by atoms with Crippen molar-refractivity contribution in [2.45, 2.75) is 12.8 Å². The molecule has 0 saturated carbocycles. The van der Waals surface area contributed by atoms with Crippen molar-refractivity contribution in [3.63, 3.8) is 0 Å². The second-order valence-corrected chi connectivity index (χ2v) is 5.05. The van der Waals surface area contributed by atoms with E-state index < -0.39 is 0 Å². The van der Waals surface area contributed by atoms with E-state index in [4.69, 9.17) is 4.74 Å². The van der Waals surface area contributed by atoms with Crippen molar-refractivity contribution in [2.75, 3.05) is 19.5 Å². The minimum atomic E-state index is -0.387. The number of methoxy groups -OCH3 is 2. The number of benzene rings is 1. The van der Waals surface area contributed by atoms with Crippen LogP contribution in [0.1, 0.15) is 12.1 Å². The zero-order chi connectivity index (χ0) is 15.2. The first-order valence-corrected chi connectivity index (χ1v) is 7.12. The van der Waals surface area contributed by atoms with E-state index in [2.05, 4.69) is 15.0 Å². The Labute approximate surface area is 125 Å². The molecular formula is C14H15FN2O3S. The van der Waals surface area contributed by atoms with Gasteiger partial charge in [-0.15, -0.1) is 11.3 Å². The van der Waals surface area contributed by atoms with E-state index >= 15 is 0 Å². The number of nitrogens with one attached hydrogen (secondary N) is 1. The van der Waals surface area contributed by atoms with Gasteiger partial charge in [0.05, 0.1) is 32.0 Å². The highest BCUT2D eigenvalue weighted by atomic mass is 32.1. The van der Waals surface area contributed by atoms with Crippen LogP contribution in [-0.2, 0) is 16.0 Å². The molecule has 0 bridgehead atoms. The molecule has 0 radical (unpaired) electrons. The molecule has 2 aromatic rings. The molecule has 0 aliphatic heterocycles. The van der Waals surface area contributed by atoms with E-state index in [1.807, 2.05) is 5.38 Å². The lowest BCUT2D eigenvalue weighted by Crippen LogP contribution is -2.02. The van der Waals surface area contributed by atoms with Crippen LogP contribution in [0.25, 0.3) is 0 Å². The zero-order valence-corrected chi connectivity index (χ0v) is 12.5. The highest BCUT2D eigenvalue weighted by Crippen LogP contribution is 2.26. The lowest BCUT2D eigenvalue weighted by molar-refractivity contribution is -0.140. The summed E-state index contributed by atoms with van der Waals surface area (Å²) in [6, 6.07) is 4.43. The monoisotopic (exact) mass is 310 g/mol. The number of halogens is 1. The molecule has 0 amide bonds. The standard InChI is InChI=1S/C14H15FN2O3S/c1-19-10-4-5-11(15)12(7-10)17-14-16-9(8-21-14)3-6-13(18)20-2/h4-5,7-8H,3,6H2,1-2H3,(H,16,17). The van der Waals surface area contributed by atoms with Crippen LogP contribution in [0.3, 0.4) is 0 Å². The number of hydrogen-bond acceptors (Lipinski definition) is 6. The van der Waals surface area contributed by atoms with Gasteiger partial charge in [-0.1, -0.05) is 0 Å². The van der Waals surface area contributed by atoms with Crippen molar-refractivity contribution < 1.29 is 18.7 Å². The molecule has 0 aliphatic rings. The molecule has 1 heterocycles. The van der Waals surface area contributed by atoms with Crippen molar-refractivity contribution >= 4 is 28.1 Å². The number of aromatic nitrogens is 1. The second-order valence-electron chi connectivity index (χ2n) is 4.19. The lowest BCUT2D eigenvalue weighted by atomic mass is 10.2. The topological polar surface area (TPSA) is 60.5 Å². The van der Waals surface area contributed by atoms with Crippen molar-refractivity contribution in [2.24, 2.45) is 0 Å². The smallest absolute Gasteiger partial charge is 0.305 e.